The summed E-state index contributed by atoms with van der Waals surface area (Å²) in [6.45, 7) is 0. The predicted molar refractivity (Wildman–Crippen MR) is 296 cm³/mol. The van der Waals surface area contributed by atoms with Crippen LogP contribution < -0.4 is 25.6 Å². The largest absolute Gasteiger partial charge is 0.457 e. The van der Waals surface area contributed by atoms with Crippen LogP contribution in [0.15, 0.2) is 174 Å². The van der Waals surface area contributed by atoms with Crippen molar-refractivity contribution in [2.45, 2.75) is 73.2 Å². The summed E-state index contributed by atoms with van der Waals surface area (Å²) < 4.78 is 111. The number of sulfonamides is 2. The molecule has 2 aliphatic rings. The Morgan fingerprint density at radius 2 is 0.962 bits per heavy atom. The van der Waals surface area contributed by atoms with Crippen molar-refractivity contribution in [1.82, 2.24) is 29.1 Å². The number of anilines is 4. The molecule has 6 aromatic carbocycles. The maximum absolute atomic E-state index is 15.3. The van der Waals surface area contributed by atoms with E-state index in [-0.39, 0.29) is 33.0 Å². The summed E-state index contributed by atoms with van der Waals surface area (Å²) in [6.07, 6.45) is 15.5. The monoisotopic (exact) mass is 1090 g/mol. The number of nitrogen functional groups attached to an aromatic ring is 2. The molecule has 4 aromatic heterocycles. The topological polar surface area (TPSA) is 215 Å². The Balaban J connectivity index is 0.000000166. The van der Waals surface area contributed by atoms with Gasteiger partial charge in [-0.05, 0) is 121 Å². The number of nitrogens with one attached hydrogen (secondary N) is 2. The van der Waals surface area contributed by atoms with Crippen LogP contribution in [0, 0.1) is 17.5 Å². The maximum atomic E-state index is 15.3. The number of rotatable bonds is 13. The Morgan fingerprint density at radius 1 is 0.487 bits per heavy atom. The van der Waals surface area contributed by atoms with Crippen molar-refractivity contribution < 1.29 is 34.7 Å². The Bertz CT molecular complexity index is 4090. The molecule has 2 fully saturated rings. The van der Waals surface area contributed by atoms with E-state index in [1.165, 1.54) is 85.5 Å². The van der Waals surface area contributed by atoms with Gasteiger partial charge >= 0.3 is 0 Å². The minimum Gasteiger partial charge on any atom is -0.457 e. The minimum absolute atomic E-state index is 0.0480. The van der Waals surface area contributed by atoms with E-state index in [0.29, 0.717) is 62.1 Å². The van der Waals surface area contributed by atoms with E-state index >= 15 is 8.78 Å². The summed E-state index contributed by atoms with van der Waals surface area (Å²) in [7, 11) is -8.18. The van der Waals surface area contributed by atoms with Gasteiger partial charge in [0.15, 0.2) is 0 Å². The number of nitrogens with two attached hydrogens (primary N) is 2. The van der Waals surface area contributed by atoms with Crippen LogP contribution in [-0.2, 0) is 20.0 Å². The van der Waals surface area contributed by atoms with Crippen LogP contribution in [0.2, 0.25) is 0 Å². The highest BCUT2D eigenvalue weighted by Crippen LogP contribution is 2.42. The number of aromatic nitrogens is 6. The van der Waals surface area contributed by atoms with Gasteiger partial charge < -0.3 is 25.3 Å². The number of halogens is 3. The molecular formula is C58H51F3N10O5S2. The molecule has 0 bridgehead atoms. The van der Waals surface area contributed by atoms with Crippen LogP contribution in [0.1, 0.15) is 63.5 Å². The lowest BCUT2D eigenvalue weighted by Crippen LogP contribution is -2.14. The average molecular weight is 1090 g/mol. The van der Waals surface area contributed by atoms with Crippen molar-refractivity contribution in [2.75, 3.05) is 20.9 Å². The van der Waals surface area contributed by atoms with Gasteiger partial charge in [0.1, 0.15) is 64.5 Å². The summed E-state index contributed by atoms with van der Waals surface area (Å²) in [5.74, 6) is -0.679. The molecule has 78 heavy (non-hydrogen) atoms. The Kier molecular flexibility index (Phi) is 14.1. The number of ether oxygens (including phenoxy) is 1. The Hall–Kier alpha value is -8.75. The molecule has 0 atom stereocenters. The molecular weight excluding hydrogens is 1040 g/mol. The molecule has 20 heteroatoms. The van der Waals surface area contributed by atoms with Gasteiger partial charge in [-0.1, -0.05) is 86.3 Å². The average Bonchev–Trinajstić information content (AvgIpc) is 4.46. The van der Waals surface area contributed by atoms with Gasteiger partial charge in [-0.15, -0.1) is 0 Å². The lowest BCUT2D eigenvalue weighted by atomic mass is 10.1. The van der Waals surface area contributed by atoms with E-state index in [2.05, 4.69) is 38.5 Å². The number of hydrogen-bond acceptors (Lipinski definition) is 11. The zero-order valence-electron chi connectivity index (χ0n) is 41.7. The fraction of sp³-hybridized carbons (Fsp3) is 0.172. The molecule has 0 spiro atoms. The third-order valence-electron chi connectivity index (χ3n) is 14.2. The van der Waals surface area contributed by atoms with Crippen LogP contribution in [-0.4, -0.2) is 45.9 Å². The molecule has 12 rings (SSSR count). The first kappa shape index (κ1) is 51.4. The Labute approximate surface area is 447 Å². The van der Waals surface area contributed by atoms with Gasteiger partial charge in [0.2, 0.25) is 0 Å². The van der Waals surface area contributed by atoms with Gasteiger partial charge in [0.05, 0.1) is 31.9 Å². The normalized spacial score (nSPS) is 14.1. The van der Waals surface area contributed by atoms with Crippen LogP contribution in [0.4, 0.5) is 36.2 Å². The van der Waals surface area contributed by atoms with Gasteiger partial charge in [-0.3, -0.25) is 9.44 Å². The highest BCUT2D eigenvalue weighted by Gasteiger charge is 2.27. The third kappa shape index (κ3) is 10.6. The highest BCUT2D eigenvalue weighted by atomic mass is 32.2. The van der Waals surface area contributed by atoms with Crippen molar-refractivity contribution in [3.8, 4) is 44.9 Å². The van der Waals surface area contributed by atoms with E-state index in [4.69, 9.17) is 16.2 Å². The van der Waals surface area contributed by atoms with E-state index in [1.54, 1.807) is 30.3 Å². The molecule has 396 valence electrons. The SMILES string of the molecule is Nc1ncnc2c1c(-c1ccc(NS(=O)(=O)c3cccc(-c4ccccc4)c3)c(F)c1)cn2C1CCCC1.Nc1ncnc2c1c(-c1ccc(NS(=O)(=O)c3cccc(Oc4ccc(F)cc4)c3)c(F)c1)cn2C1CCCC1. The first-order valence-corrected chi connectivity index (χ1v) is 28.2. The fourth-order valence-electron chi connectivity index (χ4n) is 10.3. The second kappa shape index (κ2) is 21.3. The number of nitrogens with zero attached hydrogens (tertiary/aromatic N) is 6. The van der Waals surface area contributed by atoms with Gasteiger partial charge in [-0.2, -0.15) is 0 Å². The van der Waals surface area contributed by atoms with Crippen molar-refractivity contribution in [3.05, 3.63) is 182 Å². The standard InChI is InChI=1S/C29H25F2N5O3S.C29H26FN5O2S/c30-19-9-11-21(12-10-19)39-22-6-3-7-23(15-22)40(37,38)35-26-13-8-18(14-25(26)31)24-16-36(20-4-1-2-5-20)29-27(24)28(32)33-17-34-29;30-25-16-21(24-17-35(22-10-4-5-11-22)29-27(24)28(31)32-18-33-29)13-14-26(25)34-38(36,37)23-12-6-9-20(15-23)19-7-2-1-3-8-19/h3,6-17,20,35H,1-2,4-5H2,(H2,32,33,34);1-3,6-9,12-18,22,34H,4-5,10-11H2,(H2,31,32,33). The van der Waals surface area contributed by atoms with Gasteiger partial charge in [0.25, 0.3) is 20.0 Å². The molecule has 0 aliphatic heterocycles. The molecule has 15 nitrogen and oxygen atoms in total. The van der Waals surface area contributed by atoms with Crippen LogP contribution in [0.5, 0.6) is 11.5 Å². The summed E-state index contributed by atoms with van der Waals surface area (Å²) >= 11 is 0. The first-order chi connectivity index (χ1) is 37.7. The highest BCUT2D eigenvalue weighted by molar-refractivity contribution is 7.93. The smallest absolute Gasteiger partial charge is 0.262 e. The van der Waals surface area contributed by atoms with E-state index in [1.807, 2.05) is 48.8 Å². The maximum Gasteiger partial charge on any atom is 0.262 e. The van der Waals surface area contributed by atoms with E-state index < -0.39 is 37.5 Å². The molecule has 0 radical (unpaired) electrons. The van der Waals surface area contributed by atoms with Gasteiger partial charge in [0, 0.05) is 41.7 Å². The lowest BCUT2D eigenvalue weighted by Gasteiger charge is -2.12. The molecule has 0 unspecified atom stereocenters. The first-order valence-electron chi connectivity index (χ1n) is 25.3. The second-order valence-corrected chi connectivity index (χ2v) is 22.6. The van der Waals surface area contributed by atoms with E-state index in [9.17, 15) is 21.2 Å². The molecule has 2 saturated carbocycles. The van der Waals surface area contributed by atoms with Crippen molar-refractivity contribution in [3.63, 3.8) is 0 Å². The zero-order chi connectivity index (χ0) is 54.1. The third-order valence-corrected chi connectivity index (χ3v) is 16.9. The summed E-state index contributed by atoms with van der Waals surface area (Å²) in [4.78, 5) is 17.1. The van der Waals surface area contributed by atoms with E-state index in [0.717, 1.165) is 68.1 Å². The molecule has 0 amide bonds. The molecule has 2 aliphatic carbocycles. The van der Waals surface area contributed by atoms with Crippen LogP contribution in [0.25, 0.3) is 55.4 Å². The number of benzene rings is 6. The molecule has 0 saturated heterocycles. The summed E-state index contributed by atoms with van der Waals surface area (Å²) in [5, 5.41) is 1.31. The quantitative estimate of drug-likeness (QED) is 0.0852. The zero-order valence-corrected chi connectivity index (χ0v) is 43.4. The number of fused-ring (bicyclic) bond motifs is 2. The van der Waals surface area contributed by atoms with Crippen molar-refractivity contribution in [1.29, 1.82) is 0 Å². The molecule has 10 aromatic rings. The van der Waals surface area contributed by atoms with Crippen LogP contribution >= 0.6 is 0 Å². The van der Waals surface area contributed by atoms with Crippen molar-refractivity contribution in [2.24, 2.45) is 0 Å². The summed E-state index contributed by atoms with van der Waals surface area (Å²) in [6, 6.07) is 36.4. The van der Waals surface area contributed by atoms with Gasteiger partial charge in [-0.25, -0.2) is 49.9 Å². The lowest BCUT2D eigenvalue weighted by molar-refractivity contribution is 0.478. The Morgan fingerprint density at radius 3 is 1.46 bits per heavy atom. The number of hydrogen-bond donors (Lipinski definition) is 4. The summed E-state index contributed by atoms with van der Waals surface area (Å²) in [5.41, 5.74) is 17.6. The predicted octanol–water partition coefficient (Wildman–Crippen LogP) is 13.1. The second-order valence-electron chi connectivity index (χ2n) is 19.2. The van der Waals surface area contributed by atoms with Crippen molar-refractivity contribution >= 4 is 65.1 Å². The minimum atomic E-state index is -4.16. The van der Waals surface area contributed by atoms with Crippen LogP contribution in [0.3, 0.4) is 0 Å². The molecule has 4 heterocycles. The fourth-order valence-corrected chi connectivity index (χ4v) is 12.5. The molecule has 6 N–H and O–H groups in total.